The van der Waals surface area contributed by atoms with Gasteiger partial charge in [0, 0.05) is 5.56 Å². The average Bonchev–Trinajstić information content (AvgIpc) is 2.39. The molecular formula is C14H21NO2. The maximum atomic E-state index is 5.57. The van der Waals surface area contributed by atoms with Crippen molar-refractivity contribution in [1.82, 2.24) is 5.32 Å². The second-order valence-electron chi connectivity index (χ2n) is 4.56. The molecule has 0 aliphatic carbocycles. The van der Waals surface area contributed by atoms with Gasteiger partial charge in [0.15, 0.2) is 0 Å². The van der Waals surface area contributed by atoms with E-state index in [0.717, 1.165) is 37.4 Å². The van der Waals surface area contributed by atoms with Gasteiger partial charge in [-0.25, -0.2) is 0 Å². The first-order valence-electron chi connectivity index (χ1n) is 6.20. The Labute approximate surface area is 103 Å². The van der Waals surface area contributed by atoms with E-state index in [0.29, 0.717) is 5.92 Å². The minimum absolute atomic E-state index is 0.543. The van der Waals surface area contributed by atoms with E-state index in [9.17, 15) is 0 Å². The van der Waals surface area contributed by atoms with Crippen LogP contribution in [0.3, 0.4) is 0 Å². The van der Waals surface area contributed by atoms with Gasteiger partial charge >= 0.3 is 0 Å². The fraction of sp³-hybridized carbons (Fsp3) is 0.571. The minimum atomic E-state index is 0.543. The summed E-state index contributed by atoms with van der Waals surface area (Å²) >= 11 is 0. The lowest BCUT2D eigenvalue weighted by atomic mass is 9.87. The molecule has 1 aromatic carbocycles. The van der Waals surface area contributed by atoms with Crippen molar-refractivity contribution < 1.29 is 9.47 Å². The molecule has 1 heterocycles. The molecule has 0 unspecified atom stereocenters. The summed E-state index contributed by atoms with van der Waals surface area (Å²) in [5.41, 5.74) is 2.43. The number of aryl methyl sites for hydroxylation is 1. The van der Waals surface area contributed by atoms with Crippen molar-refractivity contribution in [3.63, 3.8) is 0 Å². The van der Waals surface area contributed by atoms with Crippen LogP contribution in [0.1, 0.15) is 29.9 Å². The highest BCUT2D eigenvalue weighted by molar-refractivity contribution is 5.51. The third-order valence-electron chi connectivity index (χ3n) is 3.52. The van der Waals surface area contributed by atoms with Gasteiger partial charge in [0.2, 0.25) is 0 Å². The molecule has 2 rings (SSSR count). The Morgan fingerprint density at radius 2 is 1.82 bits per heavy atom. The predicted molar refractivity (Wildman–Crippen MR) is 69.1 cm³/mol. The molecule has 1 saturated heterocycles. The van der Waals surface area contributed by atoms with Crippen LogP contribution in [0.15, 0.2) is 12.1 Å². The lowest BCUT2D eigenvalue weighted by molar-refractivity contribution is 0.362. The summed E-state index contributed by atoms with van der Waals surface area (Å²) in [5.74, 6) is 2.50. The average molecular weight is 235 g/mol. The van der Waals surface area contributed by atoms with Gasteiger partial charge in [-0.3, -0.25) is 0 Å². The lowest BCUT2D eigenvalue weighted by Gasteiger charge is -2.27. The van der Waals surface area contributed by atoms with Gasteiger partial charge in [0.1, 0.15) is 11.5 Å². The highest BCUT2D eigenvalue weighted by atomic mass is 16.5. The standard InChI is InChI=1S/C14H21NO2/c1-10-4-5-12(16-2)13(14(10)17-3)11-6-8-15-9-7-11/h4-5,11,15H,6-9H2,1-3H3. The molecule has 17 heavy (non-hydrogen) atoms. The molecule has 0 saturated carbocycles. The van der Waals surface area contributed by atoms with Crippen LogP contribution >= 0.6 is 0 Å². The van der Waals surface area contributed by atoms with Crippen LogP contribution in [0.2, 0.25) is 0 Å². The summed E-state index contributed by atoms with van der Waals surface area (Å²) < 4.78 is 11.1. The largest absolute Gasteiger partial charge is 0.496 e. The fourth-order valence-electron chi connectivity index (χ4n) is 2.64. The van der Waals surface area contributed by atoms with E-state index in [4.69, 9.17) is 9.47 Å². The van der Waals surface area contributed by atoms with Crippen LogP contribution in [0.5, 0.6) is 11.5 Å². The van der Waals surface area contributed by atoms with Gasteiger partial charge in [-0.15, -0.1) is 0 Å². The summed E-state index contributed by atoms with van der Waals surface area (Å²) in [5, 5.41) is 3.39. The molecule has 3 heteroatoms. The molecule has 0 bridgehead atoms. The monoisotopic (exact) mass is 235 g/mol. The van der Waals surface area contributed by atoms with Gasteiger partial charge in [0.25, 0.3) is 0 Å². The Balaban J connectivity index is 2.43. The van der Waals surface area contributed by atoms with Crippen LogP contribution in [0.4, 0.5) is 0 Å². The number of hydrogen-bond donors (Lipinski definition) is 1. The number of hydrogen-bond acceptors (Lipinski definition) is 3. The molecule has 0 radical (unpaired) electrons. The maximum Gasteiger partial charge on any atom is 0.128 e. The summed E-state index contributed by atoms with van der Waals surface area (Å²) in [7, 11) is 3.47. The number of benzene rings is 1. The van der Waals surface area contributed by atoms with Crippen molar-refractivity contribution in [3.8, 4) is 11.5 Å². The quantitative estimate of drug-likeness (QED) is 0.873. The van der Waals surface area contributed by atoms with Crippen molar-refractivity contribution in [2.24, 2.45) is 0 Å². The van der Waals surface area contributed by atoms with Crippen molar-refractivity contribution in [3.05, 3.63) is 23.3 Å². The number of rotatable bonds is 3. The Hall–Kier alpha value is -1.22. The molecule has 0 spiro atoms. The molecule has 94 valence electrons. The van der Waals surface area contributed by atoms with Crippen molar-refractivity contribution in [2.45, 2.75) is 25.7 Å². The maximum absolute atomic E-state index is 5.57. The predicted octanol–water partition coefficient (Wildman–Crippen LogP) is 2.48. The molecule has 1 N–H and O–H groups in total. The Morgan fingerprint density at radius 3 is 2.41 bits per heavy atom. The molecule has 1 fully saturated rings. The van der Waals surface area contributed by atoms with Crippen molar-refractivity contribution in [2.75, 3.05) is 27.3 Å². The molecule has 0 atom stereocenters. The minimum Gasteiger partial charge on any atom is -0.496 e. The first kappa shape index (κ1) is 12.2. The van der Waals surface area contributed by atoms with Gasteiger partial charge in [0.05, 0.1) is 14.2 Å². The van der Waals surface area contributed by atoms with Crippen molar-refractivity contribution in [1.29, 1.82) is 0 Å². The highest BCUT2D eigenvalue weighted by Gasteiger charge is 2.23. The third kappa shape index (κ3) is 2.39. The van der Waals surface area contributed by atoms with E-state index in [-0.39, 0.29) is 0 Å². The smallest absolute Gasteiger partial charge is 0.128 e. The summed E-state index contributed by atoms with van der Waals surface area (Å²) in [6.45, 7) is 4.23. The van der Waals surface area contributed by atoms with Crippen LogP contribution in [0.25, 0.3) is 0 Å². The molecule has 1 aliphatic heterocycles. The number of ether oxygens (including phenoxy) is 2. The van der Waals surface area contributed by atoms with Gasteiger partial charge in [-0.2, -0.15) is 0 Å². The zero-order valence-electron chi connectivity index (χ0n) is 10.9. The zero-order valence-corrected chi connectivity index (χ0v) is 10.9. The van der Waals surface area contributed by atoms with E-state index in [1.54, 1.807) is 14.2 Å². The van der Waals surface area contributed by atoms with E-state index in [2.05, 4.69) is 24.4 Å². The second kappa shape index (κ2) is 5.41. The Kier molecular flexibility index (Phi) is 3.89. The summed E-state index contributed by atoms with van der Waals surface area (Å²) in [6, 6.07) is 4.11. The molecule has 0 aromatic heterocycles. The van der Waals surface area contributed by atoms with E-state index >= 15 is 0 Å². The first-order chi connectivity index (χ1) is 8.27. The summed E-state index contributed by atoms with van der Waals surface area (Å²) in [6.07, 6.45) is 2.30. The van der Waals surface area contributed by atoms with Gasteiger partial charge in [-0.05, 0) is 50.4 Å². The van der Waals surface area contributed by atoms with E-state index in [1.165, 1.54) is 11.1 Å². The SMILES string of the molecule is COc1ccc(C)c(OC)c1C1CCNCC1. The second-order valence-corrected chi connectivity index (χ2v) is 4.56. The van der Waals surface area contributed by atoms with E-state index < -0.39 is 0 Å². The van der Waals surface area contributed by atoms with Crippen LogP contribution in [0, 0.1) is 6.92 Å². The van der Waals surface area contributed by atoms with Gasteiger partial charge in [-0.1, -0.05) is 6.07 Å². The Morgan fingerprint density at radius 1 is 1.12 bits per heavy atom. The normalized spacial score (nSPS) is 16.9. The van der Waals surface area contributed by atoms with Crippen LogP contribution in [-0.4, -0.2) is 27.3 Å². The number of methoxy groups -OCH3 is 2. The zero-order chi connectivity index (χ0) is 12.3. The molecule has 3 nitrogen and oxygen atoms in total. The fourth-order valence-corrected chi connectivity index (χ4v) is 2.64. The molecule has 0 amide bonds. The summed E-state index contributed by atoms with van der Waals surface area (Å²) in [4.78, 5) is 0. The molecular weight excluding hydrogens is 214 g/mol. The lowest BCUT2D eigenvalue weighted by Crippen LogP contribution is -2.27. The number of piperidine rings is 1. The topological polar surface area (TPSA) is 30.5 Å². The highest BCUT2D eigenvalue weighted by Crippen LogP contribution is 2.41. The first-order valence-corrected chi connectivity index (χ1v) is 6.20. The third-order valence-corrected chi connectivity index (χ3v) is 3.52. The van der Waals surface area contributed by atoms with Crippen LogP contribution < -0.4 is 14.8 Å². The van der Waals surface area contributed by atoms with E-state index in [1.807, 2.05) is 0 Å². The van der Waals surface area contributed by atoms with Gasteiger partial charge < -0.3 is 14.8 Å². The molecule has 1 aromatic rings. The molecule has 1 aliphatic rings. The number of nitrogens with one attached hydrogen (secondary N) is 1. The van der Waals surface area contributed by atoms with Crippen molar-refractivity contribution >= 4 is 0 Å². The van der Waals surface area contributed by atoms with Crippen LogP contribution in [-0.2, 0) is 0 Å². The Bertz CT molecular complexity index is 384.